The van der Waals surface area contributed by atoms with Crippen LogP contribution in [0, 0.1) is 6.92 Å². The molecule has 0 spiro atoms. The van der Waals surface area contributed by atoms with Gasteiger partial charge >= 0.3 is 0 Å². The Balaban J connectivity index is 1.66. The summed E-state index contributed by atoms with van der Waals surface area (Å²) in [4.78, 5) is 16.4. The number of aromatic nitrogens is 2. The van der Waals surface area contributed by atoms with Gasteiger partial charge in [0.2, 0.25) is 17.6 Å². The highest BCUT2D eigenvalue weighted by molar-refractivity contribution is 7.92. The summed E-state index contributed by atoms with van der Waals surface area (Å²) in [5, 5.41) is 5.50. The predicted octanol–water partition coefficient (Wildman–Crippen LogP) is 2.41. The lowest BCUT2D eigenvalue weighted by Crippen LogP contribution is -2.42. The van der Waals surface area contributed by atoms with Crippen molar-refractivity contribution in [3.8, 4) is 11.4 Å². The molecule has 0 unspecified atom stereocenters. The highest BCUT2D eigenvalue weighted by Crippen LogP contribution is 2.20. The van der Waals surface area contributed by atoms with E-state index in [4.69, 9.17) is 4.52 Å². The summed E-state index contributed by atoms with van der Waals surface area (Å²) in [5.74, 6) is -0.597. The molecule has 1 saturated carbocycles. The fraction of sp³-hybridized carbons (Fsp3) is 0.500. The Morgan fingerprint density at radius 2 is 1.92 bits per heavy atom. The molecule has 1 aromatic heterocycles. The van der Waals surface area contributed by atoms with Crippen LogP contribution in [0.3, 0.4) is 0 Å². The molecule has 1 N–H and O–H groups in total. The van der Waals surface area contributed by atoms with E-state index in [1.54, 1.807) is 0 Å². The van der Waals surface area contributed by atoms with Crippen molar-refractivity contribution >= 4 is 15.7 Å². The van der Waals surface area contributed by atoms with Crippen LogP contribution in [-0.4, -0.2) is 35.8 Å². The van der Waals surface area contributed by atoms with E-state index in [0.29, 0.717) is 5.82 Å². The molecule has 2 aromatic rings. The van der Waals surface area contributed by atoms with E-state index in [0.717, 1.165) is 36.8 Å². The van der Waals surface area contributed by atoms with Crippen LogP contribution in [0.5, 0.6) is 0 Å². The molecule has 1 amide bonds. The minimum Gasteiger partial charge on any atom is -0.352 e. The lowest BCUT2D eigenvalue weighted by atomic mass is 10.1. The van der Waals surface area contributed by atoms with Gasteiger partial charge in [0.1, 0.15) is 11.0 Å². The van der Waals surface area contributed by atoms with Gasteiger partial charge in [0.25, 0.3) is 0 Å². The van der Waals surface area contributed by atoms with Gasteiger partial charge in [0.05, 0.1) is 0 Å². The highest BCUT2D eigenvalue weighted by atomic mass is 32.2. The summed E-state index contributed by atoms with van der Waals surface area (Å²) in [7, 11) is -3.74. The zero-order valence-electron chi connectivity index (χ0n) is 14.9. The van der Waals surface area contributed by atoms with E-state index in [-0.39, 0.29) is 11.9 Å². The van der Waals surface area contributed by atoms with E-state index >= 15 is 0 Å². The topological polar surface area (TPSA) is 102 Å². The number of carbonyl (C=O) groups excluding carboxylic acids is 1. The van der Waals surface area contributed by atoms with E-state index in [1.807, 2.05) is 31.2 Å². The molecule has 7 nitrogen and oxygen atoms in total. The summed E-state index contributed by atoms with van der Waals surface area (Å²) in [6.45, 7) is 3.37. The Hall–Kier alpha value is -2.22. The molecule has 140 valence electrons. The molecule has 0 radical (unpaired) electrons. The Morgan fingerprint density at radius 1 is 1.27 bits per heavy atom. The SMILES string of the molecule is Cc1ccc(-c2noc(CS(=O)(=O)[C@H](C)C(=O)NC3CCCC3)n2)cc1. The molecular weight excluding hydrogens is 354 g/mol. The second-order valence-corrected chi connectivity index (χ2v) is 9.14. The summed E-state index contributed by atoms with van der Waals surface area (Å²) >= 11 is 0. The lowest BCUT2D eigenvalue weighted by molar-refractivity contribution is -0.121. The smallest absolute Gasteiger partial charge is 0.242 e. The molecule has 1 aromatic carbocycles. The molecule has 1 aliphatic carbocycles. The van der Waals surface area contributed by atoms with Crippen molar-refractivity contribution in [3.63, 3.8) is 0 Å². The zero-order chi connectivity index (χ0) is 18.7. The Bertz CT molecular complexity index is 868. The number of nitrogens with zero attached hydrogens (tertiary/aromatic N) is 2. The number of aryl methyl sites for hydroxylation is 1. The van der Waals surface area contributed by atoms with Crippen LogP contribution in [0.15, 0.2) is 28.8 Å². The molecule has 1 heterocycles. The first-order valence-electron chi connectivity index (χ1n) is 8.77. The number of amides is 1. The van der Waals surface area contributed by atoms with Gasteiger partial charge in [-0.1, -0.05) is 47.8 Å². The molecule has 0 saturated heterocycles. The Kier molecular flexibility index (Phi) is 5.41. The number of rotatable bonds is 6. The summed E-state index contributed by atoms with van der Waals surface area (Å²) in [6.07, 6.45) is 3.94. The van der Waals surface area contributed by atoms with Crippen LogP contribution in [-0.2, 0) is 20.4 Å². The standard InChI is InChI=1S/C18H23N3O4S/c1-12-7-9-14(10-8-12)17-20-16(25-21-17)11-26(23,24)13(2)18(22)19-15-5-3-4-6-15/h7-10,13,15H,3-6,11H2,1-2H3,(H,19,22)/t13-/m1/s1. The van der Waals surface area contributed by atoms with E-state index in [9.17, 15) is 13.2 Å². The van der Waals surface area contributed by atoms with Gasteiger partial charge < -0.3 is 9.84 Å². The number of nitrogens with one attached hydrogen (secondary N) is 1. The van der Waals surface area contributed by atoms with Gasteiger partial charge in [-0.2, -0.15) is 4.98 Å². The third-order valence-electron chi connectivity index (χ3n) is 4.71. The molecule has 3 rings (SSSR count). The van der Waals surface area contributed by atoms with Crippen LogP contribution in [0.1, 0.15) is 44.1 Å². The average molecular weight is 377 g/mol. The third-order valence-corrected chi connectivity index (χ3v) is 6.65. The van der Waals surface area contributed by atoms with Crippen LogP contribution in [0.2, 0.25) is 0 Å². The molecule has 1 aliphatic rings. The number of benzene rings is 1. The first kappa shape index (κ1) is 18.6. The highest BCUT2D eigenvalue weighted by Gasteiger charge is 2.32. The largest absolute Gasteiger partial charge is 0.352 e. The average Bonchev–Trinajstić information content (AvgIpc) is 3.26. The van der Waals surface area contributed by atoms with Gasteiger partial charge in [-0.3, -0.25) is 4.79 Å². The Labute approximate surface area is 153 Å². The van der Waals surface area contributed by atoms with E-state index in [1.165, 1.54) is 6.92 Å². The van der Waals surface area contributed by atoms with Crippen molar-refractivity contribution < 1.29 is 17.7 Å². The Morgan fingerprint density at radius 3 is 2.58 bits per heavy atom. The first-order valence-corrected chi connectivity index (χ1v) is 10.5. The maximum Gasteiger partial charge on any atom is 0.242 e. The van der Waals surface area contributed by atoms with E-state index < -0.39 is 26.7 Å². The second kappa shape index (κ2) is 7.57. The van der Waals surface area contributed by atoms with Crippen LogP contribution < -0.4 is 5.32 Å². The second-order valence-electron chi connectivity index (χ2n) is 6.82. The van der Waals surface area contributed by atoms with Crippen molar-refractivity contribution in [2.75, 3.05) is 0 Å². The quantitative estimate of drug-likeness (QED) is 0.829. The molecule has 0 aliphatic heterocycles. The van der Waals surface area contributed by atoms with Gasteiger partial charge in [0, 0.05) is 11.6 Å². The minimum atomic E-state index is -3.74. The lowest BCUT2D eigenvalue weighted by Gasteiger charge is -2.16. The molecule has 1 fully saturated rings. The van der Waals surface area contributed by atoms with Gasteiger partial charge in [0.15, 0.2) is 9.84 Å². The van der Waals surface area contributed by atoms with Crippen molar-refractivity contribution in [2.24, 2.45) is 0 Å². The van der Waals surface area contributed by atoms with Crippen LogP contribution in [0.4, 0.5) is 0 Å². The van der Waals surface area contributed by atoms with Gasteiger partial charge in [-0.15, -0.1) is 0 Å². The summed E-state index contributed by atoms with van der Waals surface area (Å²) in [6, 6.07) is 7.60. The van der Waals surface area contributed by atoms with Crippen molar-refractivity contribution in [1.29, 1.82) is 0 Å². The van der Waals surface area contributed by atoms with Crippen molar-refractivity contribution in [2.45, 2.75) is 56.6 Å². The number of carbonyl (C=O) groups is 1. The fourth-order valence-corrected chi connectivity index (χ4v) is 4.09. The zero-order valence-corrected chi connectivity index (χ0v) is 15.8. The summed E-state index contributed by atoms with van der Waals surface area (Å²) in [5.41, 5.74) is 1.84. The van der Waals surface area contributed by atoms with Crippen LogP contribution >= 0.6 is 0 Å². The predicted molar refractivity (Wildman–Crippen MR) is 97.0 cm³/mol. The third kappa shape index (κ3) is 4.30. The van der Waals surface area contributed by atoms with Crippen molar-refractivity contribution in [3.05, 3.63) is 35.7 Å². The maximum atomic E-state index is 12.5. The summed E-state index contributed by atoms with van der Waals surface area (Å²) < 4.78 is 30.1. The van der Waals surface area contributed by atoms with Gasteiger partial charge in [-0.05, 0) is 26.7 Å². The molecular formula is C18H23N3O4S. The molecule has 8 heteroatoms. The maximum absolute atomic E-state index is 12.5. The van der Waals surface area contributed by atoms with Crippen molar-refractivity contribution in [1.82, 2.24) is 15.5 Å². The molecule has 0 bridgehead atoms. The molecule has 1 atom stereocenters. The fourth-order valence-electron chi connectivity index (χ4n) is 2.98. The minimum absolute atomic E-state index is 0.0129. The number of hydrogen-bond acceptors (Lipinski definition) is 6. The van der Waals surface area contributed by atoms with E-state index in [2.05, 4.69) is 15.5 Å². The molecule has 26 heavy (non-hydrogen) atoms. The monoisotopic (exact) mass is 377 g/mol. The normalized spacial score (nSPS) is 16.5. The van der Waals surface area contributed by atoms with Crippen LogP contribution in [0.25, 0.3) is 11.4 Å². The number of hydrogen-bond donors (Lipinski definition) is 1. The van der Waals surface area contributed by atoms with Gasteiger partial charge in [-0.25, -0.2) is 8.42 Å². The first-order chi connectivity index (χ1) is 12.3. The number of sulfone groups is 1.